The summed E-state index contributed by atoms with van der Waals surface area (Å²) in [6.07, 6.45) is 0.256. The summed E-state index contributed by atoms with van der Waals surface area (Å²) in [5, 5.41) is 9.54. The van der Waals surface area contributed by atoms with Crippen LogP contribution in [-0.4, -0.2) is 60.6 Å². The summed E-state index contributed by atoms with van der Waals surface area (Å²) in [4.78, 5) is 26.0. The molecule has 1 aliphatic rings. The number of carboxylic acids is 1. The van der Waals surface area contributed by atoms with Gasteiger partial charge in [-0.25, -0.2) is 4.79 Å². The van der Waals surface area contributed by atoms with Crippen LogP contribution in [0.2, 0.25) is 0 Å². The van der Waals surface area contributed by atoms with Crippen LogP contribution >= 0.6 is 0 Å². The molecular formula is C20H29NO6. The molecule has 2 atom stereocenters. The van der Waals surface area contributed by atoms with Crippen LogP contribution < -0.4 is 4.74 Å². The fraction of sp³-hybridized carbons (Fsp3) is 0.600. The maximum Gasteiger partial charge on any atom is 0.410 e. The van der Waals surface area contributed by atoms with Gasteiger partial charge in [0.2, 0.25) is 0 Å². The number of aliphatic carboxylic acids is 1. The SMILES string of the molecule is COC[C@@]1(Cc2ccc(OC)cc2)C[C@H](C(=O)O)CN1C(=O)OC(C)(C)C. The molecule has 7 heteroatoms. The quantitative estimate of drug-likeness (QED) is 0.818. The molecule has 1 aromatic rings. The van der Waals surface area contributed by atoms with E-state index in [-0.39, 0.29) is 13.2 Å². The van der Waals surface area contributed by atoms with Gasteiger partial charge in [0.05, 0.1) is 25.2 Å². The van der Waals surface area contributed by atoms with Crippen LogP contribution in [0.4, 0.5) is 4.79 Å². The Kier molecular flexibility index (Phi) is 6.36. The third-order valence-electron chi connectivity index (χ3n) is 4.67. The predicted octanol–water partition coefficient (Wildman–Crippen LogP) is 2.96. The first kappa shape index (κ1) is 21.0. The first-order valence-corrected chi connectivity index (χ1v) is 8.95. The van der Waals surface area contributed by atoms with Crippen molar-refractivity contribution in [1.29, 1.82) is 0 Å². The number of ether oxygens (including phenoxy) is 3. The molecule has 27 heavy (non-hydrogen) atoms. The molecule has 0 radical (unpaired) electrons. The Hall–Kier alpha value is -2.28. The average molecular weight is 379 g/mol. The zero-order valence-electron chi connectivity index (χ0n) is 16.7. The van der Waals surface area contributed by atoms with Gasteiger partial charge in [0.15, 0.2) is 0 Å². The summed E-state index contributed by atoms with van der Waals surface area (Å²) in [6, 6.07) is 7.52. The lowest BCUT2D eigenvalue weighted by Gasteiger charge is -2.38. The van der Waals surface area contributed by atoms with E-state index in [4.69, 9.17) is 14.2 Å². The Morgan fingerprint density at radius 3 is 2.33 bits per heavy atom. The lowest BCUT2D eigenvalue weighted by molar-refractivity contribution is -0.141. The Labute approximate surface area is 160 Å². The van der Waals surface area contributed by atoms with E-state index in [1.165, 1.54) is 4.90 Å². The van der Waals surface area contributed by atoms with Crippen LogP contribution in [0.3, 0.4) is 0 Å². The van der Waals surface area contributed by atoms with Crippen LogP contribution in [0, 0.1) is 5.92 Å². The summed E-state index contributed by atoms with van der Waals surface area (Å²) in [7, 11) is 3.15. The maximum atomic E-state index is 12.8. The van der Waals surface area contributed by atoms with Crippen molar-refractivity contribution in [1.82, 2.24) is 4.90 Å². The molecule has 2 rings (SSSR count). The fourth-order valence-corrected chi connectivity index (χ4v) is 3.55. The molecule has 1 aromatic carbocycles. The fourth-order valence-electron chi connectivity index (χ4n) is 3.55. The number of carbonyl (C=O) groups is 2. The smallest absolute Gasteiger partial charge is 0.410 e. The van der Waals surface area contributed by atoms with Crippen molar-refractivity contribution in [3.8, 4) is 5.75 Å². The van der Waals surface area contributed by atoms with Gasteiger partial charge in [-0.05, 0) is 51.3 Å². The maximum absolute atomic E-state index is 12.8. The van der Waals surface area contributed by atoms with Gasteiger partial charge in [0, 0.05) is 13.7 Å². The Morgan fingerprint density at radius 1 is 1.22 bits per heavy atom. The zero-order valence-corrected chi connectivity index (χ0v) is 16.7. The number of likely N-dealkylation sites (tertiary alicyclic amines) is 1. The van der Waals surface area contributed by atoms with Crippen LogP contribution in [0.25, 0.3) is 0 Å². The molecule has 1 heterocycles. The average Bonchev–Trinajstić information content (AvgIpc) is 2.94. The van der Waals surface area contributed by atoms with Gasteiger partial charge >= 0.3 is 12.1 Å². The lowest BCUT2D eigenvalue weighted by Crippen LogP contribution is -2.53. The molecule has 1 N–H and O–H groups in total. The van der Waals surface area contributed by atoms with Crippen molar-refractivity contribution in [3.63, 3.8) is 0 Å². The molecule has 150 valence electrons. The largest absolute Gasteiger partial charge is 0.497 e. The first-order chi connectivity index (χ1) is 12.6. The number of hydrogen-bond acceptors (Lipinski definition) is 5. The highest BCUT2D eigenvalue weighted by atomic mass is 16.6. The molecular weight excluding hydrogens is 350 g/mol. The van der Waals surface area contributed by atoms with Crippen molar-refractivity contribution >= 4 is 12.1 Å². The van der Waals surface area contributed by atoms with Gasteiger partial charge in [0.1, 0.15) is 11.4 Å². The molecule has 0 aromatic heterocycles. The second-order valence-corrected chi connectivity index (χ2v) is 8.01. The monoisotopic (exact) mass is 379 g/mol. The van der Waals surface area contributed by atoms with Crippen LogP contribution in [0.5, 0.6) is 5.75 Å². The van der Waals surface area contributed by atoms with E-state index in [9.17, 15) is 14.7 Å². The number of hydrogen-bond donors (Lipinski definition) is 1. The second-order valence-electron chi connectivity index (χ2n) is 8.01. The Bertz CT molecular complexity index is 666. The first-order valence-electron chi connectivity index (χ1n) is 8.95. The standard InChI is InChI=1S/C20H29NO6/c1-19(2,3)27-18(24)21-12-15(17(22)23)11-20(21,13-25-4)10-14-6-8-16(26-5)9-7-14/h6-9,15H,10-13H2,1-5H3,(H,22,23)/t15-,20+/m0/s1. The minimum Gasteiger partial charge on any atom is -0.497 e. The number of rotatable bonds is 6. The molecule has 1 saturated heterocycles. The lowest BCUT2D eigenvalue weighted by atomic mass is 9.86. The summed E-state index contributed by atoms with van der Waals surface area (Å²) < 4.78 is 16.1. The van der Waals surface area contributed by atoms with E-state index in [2.05, 4.69) is 0 Å². The molecule has 0 saturated carbocycles. The third-order valence-corrected chi connectivity index (χ3v) is 4.67. The third kappa shape index (κ3) is 5.13. The highest BCUT2D eigenvalue weighted by molar-refractivity contribution is 5.75. The minimum atomic E-state index is -0.920. The van der Waals surface area contributed by atoms with Gasteiger partial charge in [-0.15, -0.1) is 0 Å². The van der Waals surface area contributed by atoms with Crippen LogP contribution in [0.1, 0.15) is 32.8 Å². The normalized spacial score (nSPS) is 22.6. The molecule has 0 aliphatic carbocycles. The van der Waals surface area contributed by atoms with Crippen molar-refractivity contribution in [2.45, 2.75) is 44.8 Å². The second kappa shape index (κ2) is 8.17. The van der Waals surface area contributed by atoms with Crippen molar-refractivity contribution in [2.75, 3.05) is 27.4 Å². The number of carbonyl (C=O) groups excluding carboxylic acids is 1. The van der Waals surface area contributed by atoms with E-state index in [0.717, 1.165) is 11.3 Å². The molecule has 0 bridgehead atoms. The van der Waals surface area contributed by atoms with Gasteiger partial charge in [-0.2, -0.15) is 0 Å². The zero-order chi connectivity index (χ0) is 20.2. The highest BCUT2D eigenvalue weighted by Crippen LogP contribution is 2.38. The molecule has 0 spiro atoms. The van der Waals surface area contributed by atoms with E-state index in [1.807, 2.05) is 24.3 Å². The molecule has 0 unspecified atom stereocenters. The van der Waals surface area contributed by atoms with Gasteiger partial charge < -0.3 is 19.3 Å². The van der Waals surface area contributed by atoms with Gasteiger partial charge in [0.25, 0.3) is 0 Å². The van der Waals surface area contributed by atoms with Crippen molar-refractivity contribution in [3.05, 3.63) is 29.8 Å². The van der Waals surface area contributed by atoms with Crippen LogP contribution in [-0.2, 0) is 20.7 Å². The minimum absolute atomic E-state index is 0.101. The van der Waals surface area contributed by atoms with E-state index < -0.39 is 29.1 Å². The topological polar surface area (TPSA) is 85.3 Å². The number of amides is 1. The molecule has 7 nitrogen and oxygen atoms in total. The summed E-state index contributed by atoms with van der Waals surface area (Å²) in [5.41, 5.74) is -0.487. The number of methoxy groups -OCH3 is 2. The molecule has 1 aliphatic heterocycles. The van der Waals surface area contributed by atoms with Crippen LogP contribution in [0.15, 0.2) is 24.3 Å². The Morgan fingerprint density at radius 2 is 1.85 bits per heavy atom. The van der Waals surface area contributed by atoms with E-state index >= 15 is 0 Å². The van der Waals surface area contributed by atoms with E-state index in [1.54, 1.807) is 35.0 Å². The van der Waals surface area contributed by atoms with Crippen molar-refractivity contribution < 1.29 is 28.9 Å². The van der Waals surface area contributed by atoms with Gasteiger partial charge in [-0.1, -0.05) is 12.1 Å². The van der Waals surface area contributed by atoms with Gasteiger partial charge in [-0.3, -0.25) is 9.69 Å². The number of benzene rings is 1. The highest BCUT2D eigenvalue weighted by Gasteiger charge is 2.51. The number of nitrogens with zero attached hydrogens (tertiary/aromatic N) is 1. The summed E-state index contributed by atoms with van der Waals surface area (Å²) >= 11 is 0. The Balaban J connectivity index is 2.36. The molecule has 1 fully saturated rings. The number of carboxylic acid groups (broad SMARTS) is 1. The van der Waals surface area contributed by atoms with Crippen molar-refractivity contribution in [2.24, 2.45) is 5.92 Å². The summed E-state index contributed by atoms with van der Waals surface area (Å²) in [6.45, 7) is 5.69. The van der Waals surface area contributed by atoms with E-state index in [0.29, 0.717) is 12.8 Å². The predicted molar refractivity (Wildman–Crippen MR) is 100.0 cm³/mol. The molecule has 1 amide bonds. The summed E-state index contributed by atoms with van der Waals surface area (Å²) in [5.74, 6) is -0.847.